The van der Waals surface area contributed by atoms with Gasteiger partial charge in [-0.3, -0.25) is 14.5 Å². The van der Waals surface area contributed by atoms with Crippen molar-refractivity contribution >= 4 is 125 Å². The minimum atomic E-state index is -5.41. The molecule has 40 heteroatoms. The van der Waals surface area contributed by atoms with Crippen LogP contribution in [0.25, 0.3) is 10.8 Å². The minimum Gasteiger partial charge on any atom is -0.871 e. The molecule has 5 N–H and O–H groups in total. The zero-order valence-electron chi connectivity index (χ0n) is 38.0. The Hall–Kier alpha value is -1.89. The number of aromatic amines is 3. The van der Waals surface area contributed by atoms with E-state index in [2.05, 4.69) is 60.4 Å². The zero-order chi connectivity index (χ0) is 50.4. The maximum atomic E-state index is 13.6. The Morgan fingerprint density at radius 1 is 0.541 bits per heavy atom. The second-order valence-corrected chi connectivity index (χ2v) is 20.9. The molecule has 5 aromatic carbocycles. The average Bonchev–Trinajstić information content (AvgIpc) is 3.21. The zero-order valence-corrected chi connectivity index (χ0v) is 53.6. The van der Waals surface area contributed by atoms with Crippen LogP contribution in [0.4, 0.5) is 40.1 Å². The SMILES string of the molecule is O=S(=O)([O-])c1cccc(N=c2nc(Cl)[nH]c(=Nc3cc(N=c4nc(Nc5ccc6c([O-])c(N=Nc7cc(S(=O)(=O)[O-])ccc7S(=O)(=O)[O-])c(S(=O)(=O)O)cc6c5)nc(Cl)[nH]4)ccc3S(=O)(=O)[O-])[nH]2)c1.[Na+].[Na+].[Na+].[Na+].[Na+]. The summed E-state index contributed by atoms with van der Waals surface area (Å²) in [4.78, 5) is 27.1. The molecule has 0 aliphatic rings. The number of aromatic nitrogens is 6. The third-order valence-electron chi connectivity index (χ3n) is 8.62. The Labute approximate surface area is 537 Å². The molecule has 0 aliphatic carbocycles. The Balaban J connectivity index is 0.00000375. The molecule has 0 bridgehead atoms. The first kappa shape index (κ1) is 68.2. The van der Waals surface area contributed by atoms with Crippen molar-refractivity contribution in [1.82, 2.24) is 29.9 Å². The molecule has 0 saturated carbocycles. The maximum absolute atomic E-state index is 13.6. The van der Waals surface area contributed by atoms with Gasteiger partial charge >= 0.3 is 148 Å². The predicted octanol–water partition coefficient (Wildman–Crippen LogP) is -12.9. The van der Waals surface area contributed by atoms with E-state index in [0.29, 0.717) is 18.2 Å². The molecule has 7 aromatic rings. The summed E-state index contributed by atoms with van der Waals surface area (Å²) < 4.78 is 176. The third-order valence-corrected chi connectivity index (χ3v) is 13.3. The molecule has 2 heterocycles. The molecule has 7 rings (SSSR count). The summed E-state index contributed by atoms with van der Waals surface area (Å²) in [7, 11) is -26.1. The minimum absolute atomic E-state index is 0. The summed E-state index contributed by atoms with van der Waals surface area (Å²) in [5.41, 5.74) is -3.80. The number of halogens is 2. The molecule has 0 saturated heterocycles. The van der Waals surface area contributed by atoms with Crippen molar-refractivity contribution < 1.29 is 218 Å². The van der Waals surface area contributed by atoms with Gasteiger partial charge in [0.05, 0.1) is 42.3 Å². The van der Waals surface area contributed by atoms with E-state index >= 15 is 0 Å². The van der Waals surface area contributed by atoms with E-state index in [1.807, 2.05) is 0 Å². The number of nitrogens with zero attached hydrogens (tertiary/aromatic N) is 8. The summed E-state index contributed by atoms with van der Waals surface area (Å²) >= 11 is 12.3. The number of anilines is 2. The van der Waals surface area contributed by atoms with Gasteiger partial charge in [0.25, 0.3) is 10.1 Å². The fourth-order valence-corrected chi connectivity index (χ4v) is 8.97. The topological polar surface area (TPSA) is 466 Å². The number of H-pyrrole nitrogens is 3. The molecule has 0 unspecified atom stereocenters. The molecule has 0 fully saturated rings. The third kappa shape index (κ3) is 17.6. The van der Waals surface area contributed by atoms with Crippen molar-refractivity contribution in [2.24, 2.45) is 25.2 Å². The first-order valence-electron chi connectivity index (χ1n) is 17.8. The normalized spacial score (nSPS) is 12.8. The molecule has 2 aromatic heterocycles. The van der Waals surface area contributed by atoms with Gasteiger partial charge in [-0.15, -0.1) is 10.2 Å². The van der Waals surface area contributed by atoms with Crippen molar-refractivity contribution in [2.45, 2.75) is 24.5 Å². The monoisotopic (exact) mass is 1200 g/mol. The quantitative estimate of drug-likeness (QED) is 0.0431. The summed E-state index contributed by atoms with van der Waals surface area (Å²) in [5.74, 6) is -1.54. The molecule has 0 amide bonds. The fourth-order valence-electron chi connectivity index (χ4n) is 5.80. The fraction of sp³-hybridized carbons (Fsp3) is 0. The standard InChI is InChI=1S/C34H24Cl2N12O16S5.5Na/c35-29-41-32(38-17-4-7-21-15(10-17)11-26(69(62,63)64)27(28(21)49)48-47-23-14-20(66(53,54)55)6-9-25(23)68(59,60)61)45-33(42-29)39-18-5-8-24(67(56,57)58)22(13-18)40-34-44-30(36)43-31(46-34)37-16-2-1-3-19(12-16)65(50,51)52;;;;;/h1-14,49H,(H,50,51,52)(H,53,54,55)(H,56,57,58)(H,59,60,61)(H,62,63,64)(H2,37,40,43,44,46)(H2,38,39,41,42,45);;;;;/q;5*+1/p-5. The smallest absolute Gasteiger partial charge is 0.871 e. The van der Waals surface area contributed by atoms with Crippen LogP contribution in [0.3, 0.4) is 0 Å². The van der Waals surface area contributed by atoms with Gasteiger partial charge in [-0.1, -0.05) is 17.9 Å². The summed E-state index contributed by atoms with van der Waals surface area (Å²) in [5, 5.41) is 21.9. The van der Waals surface area contributed by atoms with Crippen LogP contribution in [0.1, 0.15) is 0 Å². The Morgan fingerprint density at radius 2 is 1.11 bits per heavy atom. The van der Waals surface area contributed by atoms with Crippen LogP contribution < -0.4 is 175 Å². The van der Waals surface area contributed by atoms with Gasteiger partial charge in [-0.2, -0.15) is 23.4 Å². The van der Waals surface area contributed by atoms with Gasteiger partial charge in [0, 0.05) is 5.69 Å². The summed E-state index contributed by atoms with van der Waals surface area (Å²) in [6.45, 7) is 0. The van der Waals surface area contributed by atoms with E-state index in [-0.39, 0.29) is 209 Å². The van der Waals surface area contributed by atoms with Gasteiger partial charge in [-0.25, -0.2) is 48.6 Å². The van der Waals surface area contributed by atoms with Crippen LogP contribution in [-0.2, 0) is 50.6 Å². The van der Waals surface area contributed by atoms with E-state index in [1.54, 1.807) is 0 Å². The number of rotatable bonds is 12. The predicted molar refractivity (Wildman–Crippen MR) is 227 cm³/mol. The van der Waals surface area contributed by atoms with Crippen molar-refractivity contribution in [3.8, 4) is 5.75 Å². The van der Waals surface area contributed by atoms with E-state index in [1.165, 1.54) is 24.3 Å². The molecule has 360 valence electrons. The van der Waals surface area contributed by atoms with E-state index in [9.17, 15) is 70.0 Å². The average molecular weight is 1200 g/mol. The Kier molecular flexibility index (Phi) is 24.7. The second kappa shape index (κ2) is 26.8. The Morgan fingerprint density at radius 3 is 1.72 bits per heavy atom. The number of hydrogen-bond donors (Lipinski definition) is 5. The van der Waals surface area contributed by atoms with Gasteiger partial charge < -0.3 is 33.6 Å². The Bertz CT molecular complexity index is 4180. The van der Waals surface area contributed by atoms with Crippen LogP contribution in [-0.4, -0.2) is 94.8 Å². The first-order valence-corrected chi connectivity index (χ1v) is 25.6. The number of hydrogen-bond acceptors (Lipinski definition) is 24. The van der Waals surface area contributed by atoms with E-state index in [4.69, 9.17) is 23.2 Å². The summed E-state index contributed by atoms with van der Waals surface area (Å²) in [6, 6.07) is 13.1. The van der Waals surface area contributed by atoms with Gasteiger partial charge in [0.1, 0.15) is 51.1 Å². The summed E-state index contributed by atoms with van der Waals surface area (Å²) in [6.07, 6.45) is 0. The largest absolute Gasteiger partial charge is 1.00 e. The number of azo groups is 1. The van der Waals surface area contributed by atoms with Gasteiger partial charge in [-0.05, 0) is 107 Å². The van der Waals surface area contributed by atoms with Crippen molar-refractivity contribution in [2.75, 3.05) is 5.32 Å². The number of benzene rings is 5. The molecule has 0 atom stereocenters. The van der Waals surface area contributed by atoms with Gasteiger partial charge in [0.15, 0.2) is 0 Å². The second-order valence-electron chi connectivity index (χ2n) is 13.3. The van der Waals surface area contributed by atoms with Crippen molar-refractivity contribution in [1.29, 1.82) is 0 Å². The van der Waals surface area contributed by atoms with Crippen LogP contribution in [0.2, 0.25) is 10.6 Å². The molecule has 0 spiro atoms. The van der Waals surface area contributed by atoms with Crippen molar-refractivity contribution in [3.05, 3.63) is 112 Å². The molecule has 28 nitrogen and oxygen atoms in total. The number of nitrogens with one attached hydrogen (secondary N) is 4. The molecule has 74 heavy (non-hydrogen) atoms. The molecular weight excluding hydrogens is 1180 g/mol. The van der Waals surface area contributed by atoms with Crippen LogP contribution in [0, 0.1) is 0 Å². The maximum Gasteiger partial charge on any atom is 1.00 e. The first-order chi connectivity index (χ1) is 32.0. The molecular formula is C34H19Cl2N12Na5O16S5. The number of fused-ring (bicyclic) bond motifs is 1. The van der Waals surface area contributed by atoms with E-state index < -0.39 is 97.9 Å². The van der Waals surface area contributed by atoms with Crippen molar-refractivity contribution in [3.63, 3.8) is 0 Å². The van der Waals surface area contributed by atoms with Crippen LogP contribution in [0.15, 0.2) is 135 Å². The van der Waals surface area contributed by atoms with Crippen LogP contribution >= 0.6 is 23.2 Å². The molecule has 0 radical (unpaired) electrons. The van der Waals surface area contributed by atoms with Crippen LogP contribution in [0.5, 0.6) is 5.75 Å². The van der Waals surface area contributed by atoms with Gasteiger partial charge in [0.2, 0.25) is 33.4 Å². The molecule has 0 aliphatic heterocycles. The van der Waals surface area contributed by atoms with E-state index in [0.717, 1.165) is 42.5 Å².